The van der Waals surface area contributed by atoms with Gasteiger partial charge >= 0.3 is 39.5 Å². The first kappa shape index (κ1) is 103. The number of aliphatic hydroxyl groups excluding tert-OH is 1. The Balaban J connectivity index is 5.48. The molecule has 0 heterocycles. The third-order valence-electron chi connectivity index (χ3n) is 18.0. The molecule has 3 N–H and O–H groups in total. The Bertz CT molecular complexity index is 2520. The van der Waals surface area contributed by atoms with E-state index in [4.69, 9.17) is 37.0 Å². The van der Waals surface area contributed by atoms with Gasteiger partial charge in [-0.2, -0.15) is 0 Å². The molecule has 0 aliphatic carbocycles. The Morgan fingerprint density at radius 3 is 0.769 bits per heavy atom. The van der Waals surface area contributed by atoms with Crippen molar-refractivity contribution in [3.05, 3.63) is 122 Å². The van der Waals surface area contributed by atoms with Crippen LogP contribution in [0.2, 0.25) is 0 Å². The Kier molecular flexibility index (Phi) is 77.1. The van der Waals surface area contributed by atoms with E-state index in [1.807, 2.05) is 30.4 Å². The Morgan fingerprint density at radius 1 is 0.259 bits per heavy atom. The van der Waals surface area contributed by atoms with Crippen molar-refractivity contribution < 1.29 is 80.2 Å². The molecule has 0 amide bonds. The highest BCUT2D eigenvalue weighted by Gasteiger charge is 2.30. The molecule has 19 heteroatoms. The molecule has 0 aromatic rings. The molecule has 0 saturated heterocycles. The second-order valence-electron chi connectivity index (χ2n) is 28.4. The van der Waals surface area contributed by atoms with Crippen LogP contribution in [0.1, 0.15) is 362 Å². The van der Waals surface area contributed by atoms with Crippen molar-refractivity contribution in [1.29, 1.82) is 0 Å². The number of rotatable bonds is 80. The van der Waals surface area contributed by atoms with Crippen LogP contribution in [0.3, 0.4) is 0 Å². The molecule has 0 spiro atoms. The molecule has 0 aliphatic heterocycles. The first-order valence-corrected chi connectivity index (χ1v) is 45.8. The predicted octanol–water partition coefficient (Wildman–Crippen LogP) is 25.5. The molecule has 0 fully saturated rings. The lowest BCUT2D eigenvalue weighted by molar-refractivity contribution is -0.161. The van der Waals surface area contributed by atoms with Gasteiger partial charge in [-0.05, 0) is 103 Å². The number of ether oxygens (including phenoxy) is 4. The molecular weight excluding hydrogens is 1400 g/mol. The van der Waals surface area contributed by atoms with E-state index < -0.39 is 97.5 Å². The van der Waals surface area contributed by atoms with Crippen molar-refractivity contribution in [2.45, 2.75) is 380 Å². The first-order valence-electron chi connectivity index (χ1n) is 42.8. The van der Waals surface area contributed by atoms with E-state index in [0.717, 1.165) is 96.3 Å². The molecule has 0 rings (SSSR count). The van der Waals surface area contributed by atoms with E-state index in [-0.39, 0.29) is 25.7 Å². The van der Waals surface area contributed by atoms with Gasteiger partial charge in [-0.25, -0.2) is 9.13 Å². The van der Waals surface area contributed by atoms with Crippen LogP contribution in [-0.4, -0.2) is 96.7 Å². The Hall–Kier alpha value is -4.54. The summed E-state index contributed by atoms with van der Waals surface area (Å²) in [6.07, 6.45) is 90.5. The van der Waals surface area contributed by atoms with Gasteiger partial charge in [0.15, 0.2) is 12.2 Å². The van der Waals surface area contributed by atoms with E-state index in [9.17, 15) is 43.2 Å². The quantitative estimate of drug-likeness (QED) is 0.0169. The lowest BCUT2D eigenvalue weighted by Crippen LogP contribution is -2.30. The molecule has 0 bridgehead atoms. The molecule has 108 heavy (non-hydrogen) atoms. The molecule has 5 atom stereocenters. The van der Waals surface area contributed by atoms with Crippen LogP contribution in [0.15, 0.2) is 122 Å². The normalized spacial score (nSPS) is 14.4. The summed E-state index contributed by atoms with van der Waals surface area (Å²) in [5, 5.41) is 10.7. The minimum Gasteiger partial charge on any atom is -0.462 e. The van der Waals surface area contributed by atoms with Gasteiger partial charge in [0, 0.05) is 25.7 Å². The van der Waals surface area contributed by atoms with Crippen LogP contribution in [0, 0.1) is 0 Å². The van der Waals surface area contributed by atoms with Crippen molar-refractivity contribution in [3.8, 4) is 0 Å². The summed E-state index contributed by atoms with van der Waals surface area (Å²) in [5.41, 5.74) is 0. The summed E-state index contributed by atoms with van der Waals surface area (Å²) in [4.78, 5) is 73.1. The van der Waals surface area contributed by atoms with Crippen LogP contribution in [0.5, 0.6) is 0 Å². The maximum absolute atomic E-state index is 13.1. The second-order valence-corrected chi connectivity index (χ2v) is 31.3. The number of phosphoric ester groups is 2. The number of carbonyl (C=O) groups excluding carboxylic acids is 4. The fraction of sp³-hybridized carbons (Fsp3) is 0.730. The second kappa shape index (κ2) is 80.5. The summed E-state index contributed by atoms with van der Waals surface area (Å²) in [5.74, 6) is -2.35. The van der Waals surface area contributed by atoms with Gasteiger partial charge < -0.3 is 33.8 Å². The van der Waals surface area contributed by atoms with Crippen molar-refractivity contribution >= 4 is 39.5 Å². The number of allylic oxidation sites excluding steroid dienone is 20. The summed E-state index contributed by atoms with van der Waals surface area (Å²) >= 11 is 0. The average molecular weight is 1560 g/mol. The maximum atomic E-state index is 13.1. The number of unbranched alkanes of at least 4 members (excludes halogenated alkanes) is 34. The van der Waals surface area contributed by atoms with Crippen molar-refractivity contribution in [2.75, 3.05) is 39.6 Å². The molecule has 17 nitrogen and oxygen atoms in total. The zero-order valence-electron chi connectivity index (χ0n) is 68.2. The molecule has 0 radical (unpaired) electrons. The smallest absolute Gasteiger partial charge is 0.462 e. The van der Waals surface area contributed by atoms with Crippen molar-refractivity contribution in [2.24, 2.45) is 0 Å². The highest BCUT2D eigenvalue weighted by atomic mass is 31.2. The van der Waals surface area contributed by atoms with Crippen LogP contribution in [0.25, 0.3) is 0 Å². The molecule has 0 aromatic heterocycles. The maximum Gasteiger partial charge on any atom is 0.472 e. The van der Waals surface area contributed by atoms with Crippen LogP contribution >= 0.6 is 15.6 Å². The van der Waals surface area contributed by atoms with Gasteiger partial charge in [0.05, 0.1) is 26.4 Å². The third kappa shape index (κ3) is 79.5. The number of phosphoric acid groups is 2. The van der Waals surface area contributed by atoms with Gasteiger partial charge in [0.25, 0.3) is 0 Å². The van der Waals surface area contributed by atoms with Crippen molar-refractivity contribution in [3.63, 3.8) is 0 Å². The third-order valence-corrected chi connectivity index (χ3v) is 19.9. The molecule has 622 valence electrons. The van der Waals surface area contributed by atoms with E-state index in [1.165, 1.54) is 173 Å². The largest absolute Gasteiger partial charge is 0.472 e. The standard InChI is InChI=1S/C89H154O17P2/c1-5-9-13-17-21-25-29-33-37-39-41-43-47-50-54-58-62-66-70-74-87(92)100-80-84(105-88(93)75-71-67-63-59-55-51-46-36-32-28-24-20-16-12-8-4)81-103-107(95,96)101-77-83(90)78-102-108(97,98)104-82-85(79-99-86(91)73-69-65-61-57-53-49-45-35-31-27-23-19-15-11-7-3)106-89(94)76-72-68-64-60-56-52-48-44-42-40-38-34-30-26-22-18-14-10-6-2/h21-22,25-26,33-34,37-38,41-44,50,52,54,56,62,64,66,68,83-85,90H,5-20,23-24,27-32,35-36,39-40,45-49,51,53,55,57-61,63,65,67,69-82H2,1-4H3,(H,95,96)(H,97,98)/b25-21-,26-22-,37-33-,38-34-,43-41-,44-42-,54-50-,56-52-,66-62-,68-64-/t83-,84-,85-/m1/s1. The highest BCUT2D eigenvalue weighted by Crippen LogP contribution is 2.45. The van der Waals surface area contributed by atoms with Gasteiger partial charge in [-0.15, -0.1) is 0 Å². The highest BCUT2D eigenvalue weighted by molar-refractivity contribution is 7.47. The summed E-state index contributed by atoms with van der Waals surface area (Å²) in [6, 6.07) is 0. The topological polar surface area (TPSA) is 237 Å². The Morgan fingerprint density at radius 2 is 0.472 bits per heavy atom. The molecule has 0 saturated carbocycles. The Labute approximate surface area is 657 Å². The average Bonchev–Trinajstić information content (AvgIpc) is 0.914. The van der Waals surface area contributed by atoms with E-state index in [2.05, 4.69) is 119 Å². The van der Waals surface area contributed by atoms with Crippen LogP contribution in [0.4, 0.5) is 0 Å². The van der Waals surface area contributed by atoms with Gasteiger partial charge in [0.1, 0.15) is 19.3 Å². The molecule has 2 unspecified atom stereocenters. The lowest BCUT2D eigenvalue weighted by Gasteiger charge is -2.21. The predicted molar refractivity (Wildman–Crippen MR) is 445 cm³/mol. The van der Waals surface area contributed by atoms with E-state index in [0.29, 0.717) is 38.5 Å². The summed E-state index contributed by atoms with van der Waals surface area (Å²) < 4.78 is 68.6. The number of aliphatic hydroxyl groups is 1. The van der Waals surface area contributed by atoms with Gasteiger partial charge in [-0.1, -0.05) is 355 Å². The van der Waals surface area contributed by atoms with Gasteiger partial charge in [0.2, 0.25) is 0 Å². The van der Waals surface area contributed by atoms with Crippen LogP contribution in [-0.2, 0) is 65.4 Å². The zero-order valence-corrected chi connectivity index (χ0v) is 70.0. The molecule has 0 aromatic carbocycles. The SMILES string of the molecule is CCCCC/C=C\C/C=C\C/C=C\C/C=C\C/C=C\CCC(=O)OC[C@H](COP(=O)(O)OC[C@@H](O)COP(=O)(O)OC[C@@H](COC(=O)CCCCCCCCCCCCCCCCC)OC(=O)CC/C=C\C/C=C\C/C=C\C/C=C\C/C=C\CCCCC)OC(=O)CCCCCCCCCCCCCCCCC. The minimum absolute atomic E-state index is 0.0293. The van der Waals surface area contributed by atoms with Crippen molar-refractivity contribution in [1.82, 2.24) is 0 Å². The fourth-order valence-corrected chi connectivity index (χ4v) is 13.0. The number of hydrogen-bond acceptors (Lipinski definition) is 15. The number of carbonyl (C=O) groups is 4. The summed E-state index contributed by atoms with van der Waals surface area (Å²) in [7, 11) is -10.0. The molecular formula is C89H154O17P2. The van der Waals surface area contributed by atoms with Gasteiger partial charge in [-0.3, -0.25) is 37.3 Å². The monoisotopic (exact) mass is 1560 g/mol. The zero-order chi connectivity index (χ0) is 78.9. The lowest BCUT2D eigenvalue weighted by atomic mass is 10.0. The van der Waals surface area contributed by atoms with E-state index in [1.54, 1.807) is 0 Å². The summed E-state index contributed by atoms with van der Waals surface area (Å²) in [6.45, 7) is 4.71. The fourth-order valence-electron chi connectivity index (χ4n) is 11.4. The number of hydrogen-bond donors (Lipinski definition) is 3. The first-order chi connectivity index (χ1) is 52.7. The van der Waals surface area contributed by atoms with Crippen LogP contribution < -0.4 is 0 Å². The van der Waals surface area contributed by atoms with E-state index >= 15 is 0 Å². The number of esters is 4. The molecule has 0 aliphatic rings. The minimum atomic E-state index is -5.00.